The zero-order valence-corrected chi connectivity index (χ0v) is 15.0. The predicted octanol–water partition coefficient (Wildman–Crippen LogP) is 2.14. The quantitative estimate of drug-likeness (QED) is 0.543. The van der Waals surface area contributed by atoms with Crippen LogP contribution in [0.4, 0.5) is 0 Å². The van der Waals surface area contributed by atoms with Crippen LogP contribution < -0.4 is 10.6 Å². The maximum Gasteiger partial charge on any atom is 0.191 e. The lowest BCUT2D eigenvalue weighted by atomic mass is 10.1. The number of hydrogen-bond donors (Lipinski definition) is 2. The van der Waals surface area contributed by atoms with E-state index in [9.17, 15) is 0 Å². The van der Waals surface area contributed by atoms with Crippen molar-refractivity contribution in [1.29, 1.82) is 0 Å². The molecule has 3 heterocycles. The van der Waals surface area contributed by atoms with Crippen LogP contribution in [-0.4, -0.2) is 39.9 Å². The van der Waals surface area contributed by atoms with Crippen LogP contribution in [0, 0.1) is 0 Å². The molecule has 26 heavy (non-hydrogen) atoms. The fraction of sp³-hybridized carbons (Fsp3) is 0.421. The van der Waals surface area contributed by atoms with Crippen molar-refractivity contribution in [2.45, 2.75) is 38.8 Å². The number of guanidine groups is 1. The van der Waals surface area contributed by atoms with Gasteiger partial charge in [-0.2, -0.15) is 5.10 Å². The fourth-order valence-electron chi connectivity index (χ4n) is 3.31. The van der Waals surface area contributed by atoms with E-state index in [0.29, 0.717) is 12.6 Å². The molecule has 0 aliphatic carbocycles. The molecule has 0 fully saturated rings. The van der Waals surface area contributed by atoms with Gasteiger partial charge in [-0.05, 0) is 25.5 Å². The predicted molar refractivity (Wildman–Crippen MR) is 101 cm³/mol. The summed E-state index contributed by atoms with van der Waals surface area (Å²) < 4.78 is 7.83. The summed E-state index contributed by atoms with van der Waals surface area (Å²) in [6.45, 7) is 4.41. The molecule has 1 atom stereocenters. The highest BCUT2D eigenvalue weighted by atomic mass is 16.3. The van der Waals surface area contributed by atoms with Crippen LogP contribution in [0.2, 0.25) is 0 Å². The minimum atomic E-state index is 0.313. The topological polar surface area (TPSA) is 80.3 Å². The Morgan fingerprint density at radius 3 is 3.19 bits per heavy atom. The number of nitrogens with zero attached hydrogens (tertiary/aromatic N) is 4. The van der Waals surface area contributed by atoms with Crippen LogP contribution in [-0.2, 0) is 19.4 Å². The van der Waals surface area contributed by atoms with Crippen molar-refractivity contribution in [3.63, 3.8) is 0 Å². The Bertz CT molecular complexity index is 863. The maximum absolute atomic E-state index is 5.86. The van der Waals surface area contributed by atoms with Crippen LogP contribution >= 0.6 is 0 Å². The molecule has 1 unspecified atom stereocenters. The normalized spacial score (nSPS) is 17.3. The van der Waals surface area contributed by atoms with Crippen LogP contribution in [0.15, 0.2) is 46.1 Å². The second-order valence-corrected chi connectivity index (χ2v) is 6.50. The van der Waals surface area contributed by atoms with Crippen molar-refractivity contribution >= 4 is 16.9 Å². The summed E-state index contributed by atoms with van der Waals surface area (Å²) in [6.07, 6.45) is 4.39. The van der Waals surface area contributed by atoms with Gasteiger partial charge in [0.2, 0.25) is 0 Å². The highest BCUT2D eigenvalue weighted by Gasteiger charge is 2.20. The first-order valence-electron chi connectivity index (χ1n) is 9.21. The molecule has 7 nitrogen and oxygen atoms in total. The summed E-state index contributed by atoms with van der Waals surface area (Å²) in [5, 5.41) is 12.3. The van der Waals surface area contributed by atoms with Crippen molar-refractivity contribution in [3.05, 3.63) is 48.2 Å². The summed E-state index contributed by atoms with van der Waals surface area (Å²) in [5.41, 5.74) is 0.933. The van der Waals surface area contributed by atoms with Crippen molar-refractivity contribution in [2.75, 3.05) is 13.1 Å². The first kappa shape index (κ1) is 16.6. The number of aliphatic imine (C=N–C) groups is 1. The van der Waals surface area contributed by atoms with E-state index in [1.807, 2.05) is 22.9 Å². The summed E-state index contributed by atoms with van der Waals surface area (Å²) in [4.78, 5) is 8.98. The van der Waals surface area contributed by atoms with Gasteiger partial charge in [-0.3, -0.25) is 4.99 Å². The molecule has 2 aromatic heterocycles. The van der Waals surface area contributed by atoms with Crippen LogP contribution in [0.25, 0.3) is 11.0 Å². The lowest BCUT2D eigenvalue weighted by molar-refractivity contribution is 0.392. The molecule has 0 bridgehead atoms. The zero-order valence-electron chi connectivity index (χ0n) is 15.0. The number of fused-ring (bicyclic) bond motifs is 2. The Morgan fingerprint density at radius 2 is 2.31 bits per heavy atom. The Labute approximate surface area is 152 Å². The molecule has 7 heteroatoms. The molecule has 2 N–H and O–H groups in total. The molecule has 0 spiro atoms. The van der Waals surface area contributed by atoms with E-state index < -0.39 is 0 Å². The van der Waals surface area contributed by atoms with Crippen LogP contribution in [0.1, 0.15) is 24.9 Å². The van der Waals surface area contributed by atoms with Gasteiger partial charge in [0.25, 0.3) is 0 Å². The van der Waals surface area contributed by atoms with Gasteiger partial charge >= 0.3 is 0 Å². The summed E-state index contributed by atoms with van der Waals surface area (Å²) in [6, 6.07) is 10.5. The Kier molecular flexibility index (Phi) is 4.86. The Balaban J connectivity index is 1.36. The van der Waals surface area contributed by atoms with Gasteiger partial charge in [-0.1, -0.05) is 18.2 Å². The van der Waals surface area contributed by atoms with E-state index in [0.717, 1.165) is 60.9 Å². The van der Waals surface area contributed by atoms with Crippen LogP contribution in [0.3, 0.4) is 0 Å². The molecule has 3 aromatic rings. The standard InChI is InChI=1S/C19H24N6O/c1-2-20-19(24-15-7-8-18-22-13-23-25(18)12-15)21-10-9-16-11-14-5-3-4-6-17(14)26-16/h3-6,11,13,15H,2,7-10,12H2,1H3,(H2,20,21,24). The highest BCUT2D eigenvalue weighted by Crippen LogP contribution is 2.19. The number of benzene rings is 1. The smallest absolute Gasteiger partial charge is 0.191 e. The van der Waals surface area contributed by atoms with Crippen molar-refractivity contribution in [3.8, 4) is 0 Å². The second-order valence-electron chi connectivity index (χ2n) is 6.50. The third-order valence-corrected chi connectivity index (χ3v) is 4.60. The average molecular weight is 352 g/mol. The zero-order chi connectivity index (χ0) is 17.8. The van der Waals surface area contributed by atoms with E-state index >= 15 is 0 Å². The molecule has 0 radical (unpaired) electrons. The number of rotatable bonds is 5. The molecular weight excluding hydrogens is 328 g/mol. The van der Waals surface area contributed by atoms with E-state index in [4.69, 9.17) is 9.41 Å². The lowest BCUT2D eigenvalue weighted by Crippen LogP contribution is -2.47. The van der Waals surface area contributed by atoms with Crippen molar-refractivity contribution < 1.29 is 4.42 Å². The van der Waals surface area contributed by atoms with Gasteiger partial charge in [-0.25, -0.2) is 9.67 Å². The average Bonchev–Trinajstić information content (AvgIpc) is 3.27. The molecular formula is C19H24N6O. The largest absolute Gasteiger partial charge is 0.461 e. The Hall–Kier alpha value is -2.83. The minimum Gasteiger partial charge on any atom is -0.461 e. The first-order chi connectivity index (χ1) is 12.8. The maximum atomic E-state index is 5.86. The Morgan fingerprint density at radius 1 is 1.38 bits per heavy atom. The van der Waals surface area contributed by atoms with E-state index in [1.54, 1.807) is 6.33 Å². The first-order valence-corrected chi connectivity index (χ1v) is 9.21. The van der Waals surface area contributed by atoms with Gasteiger partial charge in [0.15, 0.2) is 5.96 Å². The monoisotopic (exact) mass is 352 g/mol. The molecule has 4 rings (SSSR count). The molecule has 0 saturated heterocycles. The molecule has 0 saturated carbocycles. The minimum absolute atomic E-state index is 0.313. The van der Waals surface area contributed by atoms with E-state index in [2.05, 4.69) is 39.8 Å². The van der Waals surface area contributed by atoms with Gasteiger partial charge in [0, 0.05) is 37.4 Å². The number of nitrogens with one attached hydrogen (secondary N) is 2. The van der Waals surface area contributed by atoms with E-state index in [1.165, 1.54) is 0 Å². The highest BCUT2D eigenvalue weighted by molar-refractivity contribution is 5.80. The summed E-state index contributed by atoms with van der Waals surface area (Å²) in [7, 11) is 0. The van der Waals surface area contributed by atoms with E-state index in [-0.39, 0.29) is 0 Å². The molecule has 1 aliphatic rings. The molecule has 136 valence electrons. The number of aryl methyl sites for hydroxylation is 1. The number of para-hydroxylation sites is 1. The molecule has 1 aliphatic heterocycles. The molecule has 1 aromatic carbocycles. The third-order valence-electron chi connectivity index (χ3n) is 4.60. The van der Waals surface area contributed by atoms with Gasteiger partial charge in [0.05, 0.1) is 6.54 Å². The van der Waals surface area contributed by atoms with Crippen molar-refractivity contribution in [1.82, 2.24) is 25.4 Å². The van der Waals surface area contributed by atoms with Crippen LogP contribution in [0.5, 0.6) is 0 Å². The number of furan rings is 1. The second kappa shape index (κ2) is 7.59. The fourth-order valence-corrected chi connectivity index (χ4v) is 3.31. The van der Waals surface area contributed by atoms with Gasteiger partial charge in [-0.15, -0.1) is 0 Å². The summed E-state index contributed by atoms with van der Waals surface area (Å²) in [5.74, 6) is 2.88. The van der Waals surface area contributed by atoms with Crippen molar-refractivity contribution in [2.24, 2.45) is 4.99 Å². The third kappa shape index (κ3) is 3.71. The number of hydrogen-bond acceptors (Lipinski definition) is 4. The summed E-state index contributed by atoms with van der Waals surface area (Å²) >= 11 is 0. The van der Waals surface area contributed by atoms with Gasteiger partial charge in [0.1, 0.15) is 23.5 Å². The SMILES string of the molecule is CCNC(=NCCc1cc2ccccc2o1)NC1CCc2ncnn2C1. The lowest BCUT2D eigenvalue weighted by Gasteiger charge is -2.25. The molecule has 0 amide bonds. The number of aromatic nitrogens is 3. The van der Waals surface area contributed by atoms with Gasteiger partial charge < -0.3 is 15.1 Å².